The highest BCUT2D eigenvalue weighted by Gasteiger charge is 2.14. The zero-order chi connectivity index (χ0) is 11.3. The monoisotopic (exact) mass is 270 g/mol. The SMILES string of the molecule is CCC(C)C(Cc1cncc(Br)c1)NC. The lowest BCUT2D eigenvalue weighted by molar-refractivity contribution is 0.386. The summed E-state index contributed by atoms with van der Waals surface area (Å²) in [4.78, 5) is 4.18. The lowest BCUT2D eigenvalue weighted by atomic mass is 9.94. The van der Waals surface area contributed by atoms with E-state index in [1.165, 1.54) is 12.0 Å². The molecule has 0 aliphatic rings. The van der Waals surface area contributed by atoms with Crippen molar-refractivity contribution in [2.45, 2.75) is 32.7 Å². The van der Waals surface area contributed by atoms with Gasteiger partial charge in [-0.2, -0.15) is 0 Å². The molecule has 0 saturated carbocycles. The van der Waals surface area contributed by atoms with Gasteiger partial charge in [0, 0.05) is 22.9 Å². The van der Waals surface area contributed by atoms with E-state index in [0.717, 1.165) is 10.9 Å². The Kier molecular flexibility index (Phi) is 5.26. The average molecular weight is 271 g/mol. The number of nitrogens with zero attached hydrogens (tertiary/aromatic N) is 1. The van der Waals surface area contributed by atoms with Crippen molar-refractivity contribution < 1.29 is 0 Å². The molecule has 1 rings (SSSR count). The number of hydrogen-bond donors (Lipinski definition) is 1. The van der Waals surface area contributed by atoms with Crippen molar-refractivity contribution in [1.82, 2.24) is 10.3 Å². The highest BCUT2D eigenvalue weighted by Crippen LogP contribution is 2.15. The van der Waals surface area contributed by atoms with Gasteiger partial charge in [0.05, 0.1) is 0 Å². The van der Waals surface area contributed by atoms with Crippen LogP contribution in [0.15, 0.2) is 22.9 Å². The summed E-state index contributed by atoms with van der Waals surface area (Å²) in [6.45, 7) is 4.51. The van der Waals surface area contributed by atoms with Gasteiger partial charge in [0.15, 0.2) is 0 Å². The first-order valence-corrected chi connectivity index (χ1v) is 6.23. The Morgan fingerprint density at radius 2 is 2.20 bits per heavy atom. The maximum atomic E-state index is 4.18. The third kappa shape index (κ3) is 3.92. The number of pyridine rings is 1. The summed E-state index contributed by atoms with van der Waals surface area (Å²) in [5.41, 5.74) is 1.28. The fourth-order valence-electron chi connectivity index (χ4n) is 1.69. The van der Waals surface area contributed by atoms with Gasteiger partial charge in [-0.25, -0.2) is 0 Å². The van der Waals surface area contributed by atoms with Gasteiger partial charge in [-0.15, -0.1) is 0 Å². The van der Waals surface area contributed by atoms with Crippen LogP contribution < -0.4 is 5.32 Å². The second-order valence-electron chi connectivity index (χ2n) is 4.00. The minimum Gasteiger partial charge on any atom is -0.316 e. The van der Waals surface area contributed by atoms with Gasteiger partial charge in [0.1, 0.15) is 0 Å². The number of aromatic nitrogens is 1. The van der Waals surface area contributed by atoms with Crippen LogP contribution in [0.4, 0.5) is 0 Å². The average Bonchev–Trinajstić information content (AvgIpc) is 2.25. The topological polar surface area (TPSA) is 24.9 Å². The lowest BCUT2D eigenvalue weighted by Gasteiger charge is -2.22. The van der Waals surface area contributed by atoms with Crippen LogP contribution in [-0.2, 0) is 6.42 Å². The summed E-state index contributed by atoms with van der Waals surface area (Å²) < 4.78 is 1.05. The van der Waals surface area contributed by atoms with Crippen LogP contribution >= 0.6 is 15.9 Å². The second-order valence-corrected chi connectivity index (χ2v) is 4.91. The fourth-order valence-corrected chi connectivity index (χ4v) is 2.11. The Bertz CT molecular complexity index is 301. The van der Waals surface area contributed by atoms with Crippen molar-refractivity contribution in [1.29, 1.82) is 0 Å². The van der Waals surface area contributed by atoms with Crippen molar-refractivity contribution in [3.8, 4) is 0 Å². The summed E-state index contributed by atoms with van der Waals surface area (Å²) in [6.07, 6.45) is 6.00. The molecule has 1 N–H and O–H groups in total. The molecule has 15 heavy (non-hydrogen) atoms. The molecule has 1 heterocycles. The molecule has 2 unspecified atom stereocenters. The molecule has 0 spiro atoms. The normalized spacial score (nSPS) is 14.9. The zero-order valence-corrected chi connectivity index (χ0v) is 11.2. The van der Waals surface area contributed by atoms with Crippen molar-refractivity contribution in [2.75, 3.05) is 7.05 Å². The van der Waals surface area contributed by atoms with Gasteiger partial charge in [-0.05, 0) is 46.9 Å². The van der Waals surface area contributed by atoms with Gasteiger partial charge >= 0.3 is 0 Å². The smallest absolute Gasteiger partial charge is 0.0410 e. The van der Waals surface area contributed by atoms with E-state index in [-0.39, 0.29) is 0 Å². The van der Waals surface area contributed by atoms with Crippen LogP contribution in [-0.4, -0.2) is 18.1 Å². The first-order chi connectivity index (χ1) is 7.17. The van der Waals surface area contributed by atoms with Crippen molar-refractivity contribution >= 4 is 15.9 Å². The summed E-state index contributed by atoms with van der Waals surface area (Å²) in [7, 11) is 2.03. The summed E-state index contributed by atoms with van der Waals surface area (Å²) in [5.74, 6) is 0.689. The van der Waals surface area contributed by atoms with Crippen LogP contribution in [0, 0.1) is 5.92 Å². The molecule has 0 amide bonds. The number of hydrogen-bond acceptors (Lipinski definition) is 2. The molecule has 0 bridgehead atoms. The Morgan fingerprint density at radius 3 is 2.73 bits per heavy atom. The molecular formula is C12H19BrN2. The molecule has 3 heteroatoms. The summed E-state index contributed by atoms with van der Waals surface area (Å²) >= 11 is 3.45. The van der Waals surface area contributed by atoms with Crippen LogP contribution in [0.5, 0.6) is 0 Å². The van der Waals surface area contributed by atoms with Crippen LogP contribution in [0.2, 0.25) is 0 Å². The third-order valence-corrected chi connectivity index (χ3v) is 3.35. The van der Waals surface area contributed by atoms with E-state index in [9.17, 15) is 0 Å². The molecule has 1 aromatic heterocycles. The molecule has 1 aromatic rings. The first-order valence-electron chi connectivity index (χ1n) is 5.44. The Morgan fingerprint density at radius 1 is 1.47 bits per heavy atom. The zero-order valence-electron chi connectivity index (χ0n) is 9.63. The minimum absolute atomic E-state index is 0.533. The Labute approximate surface area is 101 Å². The highest BCUT2D eigenvalue weighted by molar-refractivity contribution is 9.10. The molecule has 0 saturated heterocycles. The standard InChI is InChI=1S/C12H19BrN2/c1-4-9(2)12(14-3)6-10-5-11(13)8-15-7-10/h5,7-9,12,14H,4,6H2,1-3H3. The van der Waals surface area contributed by atoms with Crippen LogP contribution in [0.25, 0.3) is 0 Å². The predicted octanol–water partition coefficient (Wildman–Crippen LogP) is 3.02. The van der Waals surface area contributed by atoms with Crippen molar-refractivity contribution in [3.63, 3.8) is 0 Å². The van der Waals surface area contributed by atoms with E-state index >= 15 is 0 Å². The summed E-state index contributed by atoms with van der Waals surface area (Å²) in [6, 6.07) is 2.67. The molecule has 84 valence electrons. The van der Waals surface area contributed by atoms with Crippen molar-refractivity contribution in [3.05, 3.63) is 28.5 Å². The molecule has 0 radical (unpaired) electrons. The largest absolute Gasteiger partial charge is 0.316 e. The number of nitrogens with one attached hydrogen (secondary N) is 1. The van der Waals surface area contributed by atoms with Crippen LogP contribution in [0.3, 0.4) is 0 Å². The van der Waals surface area contributed by atoms with E-state index in [1.54, 1.807) is 0 Å². The molecule has 2 nitrogen and oxygen atoms in total. The Hall–Kier alpha value is -0.410. The molecule has 0 aromatic carbocycles. The number of rotatable bonds is 5. The third-order valence-electron chi connectivity index (χ3n) is 2.92. The van der Waals surface area contributed by atoms with Crippen molar-refractivity contribution in [2.24, 2.45) is 5.92 Å². The second kappa shape index (κ2) is 6.23. The highest BCUT2D eigenvalue weighted by atomic mass is 79.9. The van der Waals surface area contributed by atoms with Gasteiger partial charge in [-0.1, -0.05) is 20.3 Å². The van der Waals surface area contributed by atoms with E-state index < -0.39 is 0 Å². The molecular weight excluding hydrogens is 252 g/mol. The molecule has 2 atom stereocenters. The van der Waals surface area contributed by atoms with Crippen LogP contribution in [0.1, 0.15) is 25.8 Å². The molecule has 0 aliphatic heterocycles. The van der Waals surface area contributed by atoms with E-state index in [4.69, 9.17) is 0 Å². The van der Waals surface area contributed by atoms with E-state index in [0.29, 0.717) is 12.0 Å². The number of likely N-dealkylation sites (N-methyl/N-ethyl adjacent to an activating group) is 1. The van der Waals surface area contributed by atoms with Gasteiger partial charge in [0.2, 0.25) is 0 Å². The maximum Gasteiger partial charge on any atom is 0.0410 e. The molecule has 0 aliphatic carbocycles. The predicted molar refractivity (Wildman–Crippen MR) is 67.9 cm³/mol. The first kappa shape index (κ1) is 12.7. The van der Waals surface area contributed by atoms with Gasteiger partial charge < -0.3 is 5.32 Å². The molecule has 0 fully saturated rings. The fraction of sp³-hybridized carbons (Fsp3) is 0.583. The number of halogens is 1. The van der Waals surface area contributed by atoms with E-state index in [1.807, 2.05) is 19.4 Å². The summed E-state index contributed by atoms with van der Waals surface area (Å²) in [5, 5.41) is 3.38. The van der Waals surface area contributed by atoms with Gasteiger partial charge in [-0.3, -0.25) is 4.98 Å². The quantitative estimate of drug-likeness (QED) is 0.890. The van der Waals surface area contributed by atoms with Gasteiger partial charge in [0.25, 0.3) is 0 Å². The maximum absolute atomic E-state index is 4.18. The Balaban J connectivity index is 2.66. The lowest BCUT2D eigenvalue weighted by Crippen LogP contribution is -2.33. The van der Waals surface area contributed by atoms with E-state index in [2.05, 4.69) is 46.1 Å². The minimum atomic E-state index is 0.533.